The maximum Gasteiger partial charge on any atom is 0.316 e. The number of aromatic nitrogens is 1. The number of carbonyl (C=O) groups excluding carboxylic acids is 2. The highest BCUT2D eigenvalue weighted by atomic mass is 35.5. The number of hydrogen-bond acceptors (Lipinski definition) is 2. The molecule has 0 bridgehead atoms. The molecule has 4 N–H and O–H groups in total. The van der Waals surface area contributed by atoms with Gasteiger partial charge in [-0.1, -0.05) is 23.7 Å². The highest BCUT2D eigenvalue weighted by Crippen LogP contribution is 2.23. The number of urea groups is 1. The Hall–Kier alpha value is -3.25. The first-order valence-corrected chi connectivity index (χ1v) is 9.11. The largest absolute Gasteiger partial charge is 0.351 e. The van der Waals surface area contributed by atoms with Crippen molar-refractivity contribution in [2.75, 3.05) is 5.32 Å². The van der Waals surface area contributed by atoms with E-state index in [1.54, 1.807) is 36.4 Å². The number of nitrogens with one attached hydrogen (secondary N) is 2. The molecule has 0 aliphatic rings. The second-order valence-corrected chi connectivity index (χ2v) is 6.89. The Morgan fingerprint density at radius 2 is 1.64 bits per heavy atom. The molecule has 0 atom stereocenters. The zero-order valence-corrected chi connectivity index (χ0v) is 16.4. The Labute approximate surface area is 168 Å². The summed E-state index contributed by atoms with van der Waals surface area (Å²) in [5.74, 6) is -0.256. The number of anilines is 1. The van der Waals surface area contributed by atoms with Crippen LogP contribution in [0.15, 0.2) is 54.6 Å². The summed E-state index contributed by atoms with van der Waals surface area (Å²) in [6, 6.07) is 15.9. The average molecular weight is 397 g/mol. The number of nitrogens with two attached hydrogens (primary N) is 1. The minimum Gasteiger partial charge on any atom is -0.351 e. The number of carbonyl (C=O) groups is 2. The van der Waals surface area contributed by atoms with E-state index in [1.165, 1.54) is 0 Å². The average Bonchev–Trinajstić information content (AvgIpc) is 2.99. The molecule has 0 unspecified atom stereocenters. The molecule has 0 saturated carbocycles. The summed E-state index contributed by atoms with van der Waals surface area (Å²) in [5, 5.41) is 5.76. The molecule has 0 saturated heterocycles. The molecule has 1 heterocycles. The number of aryl methyl sites for hydroxylation is 2. The third kappa shape index (κ3) is 4.35. The number of nitrogens with zero attached hydrogens (tertiary/aromatic N) is 1. The molecule has 2 aromatic carbocycles. The summed E-state index contributed by atoms with van der Waals surface area (Å²) in [5.41, 5.74) is 10.0. The Bertz CT molecular complexity index is 1010. The fourth-order valence-corrected chi connectivity index (χ4v) is 3.23. The second-order valence-electron chi connectivity index (χ2n) is 6.48. The van der Waals surface area contributed by atoms with Crippen LogP contribution in [0, 0.1) is 13.8 Å². The van der Waals surface area contributed by atoms with Crippen LogP contribution in [0.2, 0.25) is 5.02 Å². The van der Waals surface area contributed by atoms with Crippen LogP contribution < -0.4 is 16.4 Å². The summed E-state index contributed by atoms with van der Waals surface area (Å²) in [4.78, 5) is 23.5. The molecule has 0 fully saturated rings. The van der Waals surface area contributed by atoms with E-state index >= 15 is 0 Å². The van der Waals surface area contributed by atoms with Crippen molar-refractivity contribution in [3.8, 4) is 5.69 Å². The van der Waals surface area contributed by atoms with E-state index in [4.69, 9.17) is 17.3 Å². The van der Waals surface area contributed by atoms with Crippen molar-refractivity contribution in [1.29, 1.82) is 0 Å². The number of hydrogen-bond donors (Lipinski definition) is 3. The topological polar surface area (TPSA) is 89.2 Å². The summed E-state index contributed by atoms with van der Waals surface area (Å²) >= 11 is 6.26. The maximum atomic E-state index is 12.7. The van der Waals surface area contributed by atoms with E-state index in [-0.39, 0.29) is 5.91 Å². The van der Waals surface area contributed by atoms with Crippen molar-refractivity contribution in [3.63, 3.8) is 0 Å². The van der Waals surface area contributed by atoms with E-state index in [0.717, 1.165) is 22.6 Å². The lowest BCUT2D eigenvalue weighted by Crippen LogP contribution is -2.23. The number of benzene rings is 2. The molecule has 3 aromatic rings. The molecular weight excluding hydrogens is 376 g/mol. The maximum absolute atomic E-state index is 12.7. The van der Waals surface area contributed by atoms with Crippen molar-refractivity contribution in [2.45, 2.75) is 20.4 Å². The predicted octanol–water partition coefficient (Wildman–Crippen LogP) is 4.17. The zero-order chi connectivity index (χ0) is 20.3. The minimum atomic E-state index is -0.622. The van der Waals surface area contributed by atoms with Crippen LogP contribution in [0.5, 0.6) is 0 Å². The van der Waals surface area contributed by atoms with Gasteiger partial charge in [-0.3, -0.25) is 4.79 Å². The first-order chi connectivity index (χ1) is 13.3. The number of primary amides is 1. The fraction of sp³-hybridized carbons (Fsp3) is 0.143. The van der Waals surface area contributed by atoms with Crippen molar-refractivity contribution >= 4 is 29.2 Å². The molecule has 7 heteroatoms. The van der Waals surface area contributed by atoms with Crippen LogP contribution in [0.3, 0.4) is 0 Å². The number of rotatable bonds is 5. The van der Waals surface area contributed by atoms with Gasteiger partial charge in [0.1, 0.15) is 0 Å². The van der Waals surface area contributed by atoms with Gasteiger partial charge in [0.05, 0.1) is 10.6 Å². The van der Waals surface area contributed by atoms with Crippen LogP contribution in [0.1, 0.15) is 27.3 Å². The van der Waals surface area contributed by atoms with Crippen LogP contribution in [0.4, 0.5) is 10.5 Å². The smallest absolute Gasteiger partial charge is 0.316 e. The minimum absolute atomic E-state index is 0.256. The van der Waals surface area contributed by atoms with Crippen molar-refractivity contribution in [3.05, 3.63) is 82.1 Å². The lowest BCUT2D eigenvalue weighted by atomic mass is 10.1. The Kier molecular flexibility index (Phi) is 5.70. The first-order valence-electron chi connectivity index (χ1n) is 8.73. The molecule has 0 radical (unpaired) electrons. The van der Waals surface area contributed by atoms with Crippen molar-refractivity contribution in [1.82, 2.24) is 9.88 Å². The third-order valence-corrected chi connectivity index (χ3v) is 4.73. The van der Waals surface area contributed by atoms with Gasteiger partial charge in [-0.2, -0.15) is 0 Å². The highest BCUT2D eigenvalue weighted by Gasteiger charge is 2.13. The van der Waals surface area contributed by atoms with Gasteiger partial charge >= 0.3 is 6.03 Å². The Morgan fingerprint density at radius 1 is 1.00 bits per heavy atom. The zero-order valence-electron chi connectivity index (χ0n) is 15.6. The van der Waals surface area contributed by atoms with E-state index in [2.05, 4.69) is 15.2 Å². The van der Waals surface area contributed by atoms with Crippen LogP contribution in [-0.2, 0) is 6.54 Å². The molecule has 144 valence electrons. The van der Waals surface area contributed by atoms with Crippen LogP contribution >= 0.6 is 11.6 Å². The van der Waals surface area contributed by atoms with Gasteiger partial charge in [-0.15, -0.1) is 0 Å². The van der Waals surface area contributed by atoms with E-state index in [0.29, 0.717) is 22.8 Å². The fourth-order valence-electron chi connectivity index (χ4n) is 3.03. The Balaban J connectivity index is 1.74. The molecule has 1 aromatic heterocycles. The van der Waals surface area contributed by atoms with Gasteiger partial charge in [0.25, 0.3) is 5.91 Å². The molecule has 0 spiro atoms. The first kappa shape index (κ1) is 19.5. The normalized spacial score (nSPS) is 10.5. The number of halogens is 1. The predicted molar refractivity (Wildman–Crippen MR) is 111 cm³/mol. The van der Waals surface area contributed by atoms with Gasteiger partial charge in [0, 0.05) is 29.3 Å². The lowest BCUT2D eigenvalue weighted by molar-refractivity contribution is 0.0951. The summed E-state index contributed by atoms with van der Waals surface area (Å²) in [6.07, 6.45) is 0. The second kappa shape index (κ2) is 8.19. The van der Waals surface area contributed by atoms with E-state index in [1.807, 2.05) is 32.0 Å². The summed E-state index contributed by atoms with van der Waals surface area (Å²) in [7, 11) is 0. The van der Waals surface area contributed by atoms with Crippen molar-refractivity contribution in [2.24, 2.45) is 5.73 Å². The van der Waals surface area contributed by atoms with E-state index < -0.39 is 6.03 Å². The molecule has 3 amide bonds. The summed E-state index contributed by atoms with van der Waals surface area (Å²) < 4.78 is 2.07. The van der Waals surface area contributed by atoms with Crippen LogP contribution in [-0.4, -0.2) is 16.5 Å². The third-order valence-electron chi connectivity index (χ3n) is 4.40. The molecule has 0 aliphatic heterocycles. The standard InChI is InChI=1S/C21H21ClN4O2/c1-13-3-4-14(2)26(13)17-9-10-19(22)18(11-17)20(27)24-12-15-5-7-16(8-6-15)25-21(23)28/h3-11H,12H2,1-2H3,(H,24,27)(H3,23,25,28). The van der Waals surface area contributed by atoms with Crippen molar-refractivity contribution < 1.29 is 9.59 Å². The van der Waals surface area contributed by atoms with Gasteiger partial charge in [-0.25, -0.2) is 4.79 Å². The molecular formula is C21H21ClN4O2. The number of amides is 3. The van der Waals surface area contributed by atoms with Gasteiger partial charge in [-0.05, 0) is 61.9 Å². The van der Waals surface area contributed by atoms with Gasteiger partial charge in [0.15, 0.2) is 0 Å². The van der Waals surface area contributed by atoms with Gasteiger partial charge in [0.2, 0.25) is 0 Å². The lowest BCUT2D eigenvalue weighted by Gasteiger charge is -2.13. The SMILES string of the molecule is Cc1ccc(C)n1-c1ccc(Cl)c(C(=O)NCc2ccc(NC(N)=O)cc2)c1. The quantitative estimate of drug-likeness (QED) is 0.604. The van der Waals surface area contributed by atoms with Gasteiger partial charge < -0.3 is 20.9 Å². The van der Waals surface area contributed by atoms with Crippen LogP contribution in [0.25, 0.3) is 5.69 Å². The molecule has 0 aliphatic carbocycles. The highest BCUT2D eigenvalue weighted by molar-refractivity contribution is 6.33. The summed E-state index contributed by atoms with van der Waals surface area (Å²) in [6.45, 7) is 4.36. The molecule has 6 nitrogen and oxygen atoms in total. The monoisotopic (exact) mass is 396 g/mol. The molecule has 28 heavy (non-hydrogen) atoms. The molecule has 3 rings (SSSR count). The Morgan fingerprint density at radius 3 is 2.25 bits per heavy atom. The van der Waals surface area contributed by atoms with E-state index in [9.17, 15) is 9.59 Å².